The standard InChI is InChI=1S/C15H21N3O2S/c1-17(2)14(20)18-6-5-15(10-18)8-12(15)13(19)16-9-11-4-3-7-21-11/h3-4,7,12H,5-6,8-10H2,1-2H3,(H,16,19)/t12-,15+/m1/s1. The highest BCUT2D eigenvalue weighted by atomic mass is 32.1. The molecule has 2 heterocycles. The quantitative estimate of drug-likeness (QED) is 0.925. The average molecular weight is 307 g/mol. The van der Waals surface area contributed by atoms with Gasteiger partial charge in [0.15, 0.2) is 0 Å². The van der Waals surface area contributed by atoms with Crippen LogP contribution in [0.2, 0.25) is 0 Å². The summed E-state index contributed by atoms with van der Waals surface area (Å²) in [5, 5.41) is 5.04. The number of amides is 3. The van der Waals surface area contributed by atoms with E-state index in [-0.39, 0.29) is 23.3 Å². The number of rotatable bonds is 3. The molecule has 1 spiro atoms. The summed E-state index contributed by atoms with van der Waals surface area (Å²) in [6, 6.07) is 4.07. The van der Waals surface area contributed by atoms with Crippen LogP contribution >= 0.6 is 11.3 Å². The van der Waals surface area contributed by atoms with Gasteiger partial charge in [0.2, 0.25) is 5.91 Å². The number of nitrogens with one attached hydrogen (secondary N) is 1. The van der Waals surface area contributed by atoms with E-state index in [1.54, 1.807) is 30.3 Å². The highest BCUT2D eigenvalue weighted by molar-refractivity contribution is 7.09. The molecule has 0 aromatic carbocycles. The van der Waals surface area contributed by atoms with Gasteiger partial charge < -0.3 is 15.1 Å². The number of thiophene rings is 1. The molecule has 6 heteroatoms. The van der Waals surface area contributed by atoms with Crippen molar-refractivity contribution in [3.05, 3.63) is 22.4 Å². The van der Waals surface area contributed by atoms with E-state index < -0.39 is 0 Å². The minimum Gasteiger partial charge on any atom is -0.351 e. The van der Waals surface area contributed by atoms with Gasteiger partial charge in [-0.15, -0.1) is 11.3 Å². The molecule has 2 aliphatic rings. The smallest absolute Gasteiger partial charge is 0.319 e. The van der Waals surface area contributed by atoms with Gasteiger partial charge in [-0.3, -0.25) is 4.79 Å². The molecule has 0 unspecified atom stereocenters. The van der Waals surface area contributed by atoms with Crippen molar-refractivity contribution in [2.24, 2.45) is 11.3 Å². The van der Waals surface area contributed by atoms with Crippen molar-refractivity contribution in [2.45, 2.75) is 19.4 Å². The van der Waals surface area contributed by atoms with Crippen LogP contribution in [-0.4, -0.2) is 48.9 Å². The second-order valence-corrected chi connectivity index (χ2v) is 7.30. The first-order valence-corrected chi connectivity index (χ1v) is 8.16. The number of carbonyl (C=O) groups excluding carboxylic acids is 2. The van der Waals surface area contributed by atoms with Gasteiger partial charge in [0, 0.05) is 43.4 Å². The maximum atomic E-state index is 12.3. The molecule has 114 valence electrons. The van der Waals surface area contributed by atoms with E-state index in [4.69, 9.17) is 0 Å². The second kappa shape index (κ2) is 5.33. The highest BCUT2D eigenvalue weighted by Gasteiger charge is 2.61. The molecule has 3 rings (SSSR count). The Hall–Kier alpha value is -1.56. The fourth-order valence-electron chi connectivity index (χ4n) is 3.22. The van der Waals surface area contributed by atoms with Crippen LogP contribution < -0.4 is 5.32 Å². The van der Waals surface area contributed by atoms with E-state index in [0.717, 1.165) is 25.9 Å². The van der Waals surface area contributed by atoms with E-state index in [1.165, 1.54) is 4.88 Å². The molecule has 1 saturated carbocycles. The molecule has 1 aromatic heterocycles. The van der Waals surface area contributed by atoms with E-state index in [1.807, 2.05) is 22.4 Å². The normalized spacial score (nSPS) is 27.0. The summed E-state index contributed by atoms with van der Waals surface area (Å²) in [5.41, 5.74) is 0.0468. The zero-order valence-corrected chi connectivity index (χ0v) is 13.3. The monoisotopic (exact) mass is 307 g/mol. The number of hydrogen-bond acceptors (Lipinski definition) is 3. The Balaban J connectivity index is 1.51. The van der Waals surface area contributed by atoms with E-state index >= 15 is 0 Å². The van der Waals surface area contributed by atoms with Crippen molar-refractivity contribution in [3.63, 3.8) is 0 Å². The molecule has 1 aliphatic carbocycles. The molecule has 1 saturated heterocycles. The third-order valence-corrected chi connectivity index (χ3v) is 5.44. The summed E-state index contributed by atoms with van der Waals surface area (Å²) in [7, 11) is 3.54. The number of likely N-dealkylation sites (tertiary alicyclic amines) is 1. The Morgan fingerprint density at radius 1 is 1.52 bits per heavy atom. The minimum absolute atomic E-state index is 0.0468. The van der Waals surface area contributed by atoms with Crippen LogP contribution in [0.1, 0.15) is 17.7 Å². The van der Waals surface area contributed by atoms with Gasteiger partial charge in [-0.25, -0.2) is 4.79 Å². The topological polar surface area (TPSA) is 52.7 Å². The highest BCUT2D eigenvalue weighted by Crippen LogP contribution is 2.58. The molecule has 0 radical (unpaired) electrons. The van der Waals surface area contributed by atoms with Crippen molar-refractivity contribution < 1.29 is 9.59 Å². The van der Waals surface area contributed by atoms with Crippen LogP contribution in [0.25, 0.3) is 0 Å². The Labute approximate surface area is 128 Å². The lowest BCUT2D eigenvalue weighted by molar-refractivity contribution is -0.123. The molecule has 1 N–H and O–H groups in total. The van der Waals surface area contributed by atoms with Crippen LogP contribution in [0.4, 0.5) is 4.79 Å². The molecule has 21 heavy (non-hydrogen) atoms. The number of carbonyl (C=O) groups is 2. The molecule has 3 amide bonds. The third-order valence-electron chi connectivity index (χ3n) is 4.56. The Morgan fingerprint density at radius 2 is 2.33 bits per heavy atom. The maximum Gasteiger partial charge on any atom is 0.319 e. The van der Waals surface area contributed by atoms with Crippen LogP contribution in [-0.2, 0) is 11.3 Å². The first-order chi connectivity index (χ1) is 10.0. The van der Waals surface area contributed by atoms with Crippen molar-refractivity contribution in [2.75, 3.05) is 27.2 Å². The number of hydrogen-bond donors (Lipinski definition) is 1. The first-order valence-electron chi connectivity index (χ1n) is 7.28. The number of urea groups is 1. The summed E-state index contributed by atoms with van der Waals surface area (Å²) in [6.45, 7) is 2.11. The van der Waals surface area contributed by atoms with Crippen LogP contribution in [0.3, 0.4) is 0 Å². The summed E-state index contributed by atoms with van der Waals surface area (Å²) in [4.78, 5) is 28.9. The average Bonchev–Trinajstić information content (AvgIpc) is 2.83. The molecule has 2 atom stereocenters. The van der Waals surface area contributed by atoms with E-state index in [9.17, 15) is 9.59 Å². The van der Waals surface area contributed by atoms with Crippen molar-refractivity contribution in [1.29, 1.82) is 0 Å². The first kappa shape index (κ1) is 14.4. The van der Waals surface area contributed by atoms with Gasteiger partial charge in [0.05, 0.1) is 6.54 Å². The van der Waals surface area contributed by atoms with Gasteiger partial charge in [-0.2, -0.15) is 0 Å². The summed E-state index contributed by atoms with van der Waals surface area (Å²) >= 11 is 1.66. The van der Waals surface area contributed by atoms with Crippen LogP contribution in [0, 0.1) is 11.3 Å². The third kappa shape index (κ3) is 2.77. The Bertz CT molecular complexity index is 543. The zero-order valence-electron chi connectivity index (χ0n) is 12.5. The lowest BCUT2D eigenvalue weighted by Crippen LogP contribution is -2.38. The lowest BCUT2D eigenvalue weighted by atomic mass is 10.0. The van der Waals surface area contributed by atoms with E-state index in [0.29, 0.717) is 6.54 Å². The Kier molecular flexibility index (Phi) is 3.65. The molecular weight excluding hydrogens is 286 g/mol. The van der Waals surface area contributed by atoms with Crippen molar-refractivity contribution in [1.82, 2.24) is 15.1 Å². The van der Waals surface area contributed by atoms with Gasteiger partial charge >= 0.3 is 6.03 Å². The van der Waals surface area contributed by atoms with Crippen LogP contribution in [0.5, 0.6) is 0 Å². The van der Waals surface area contributed by atoms with Crippen LogP contribution in [0.15, 0.2) is 17.5 Å². The van der Waals surface area contributed by atoms with Gasteiger partial charge in [0.25, 0.3) is 0 Å². The van der Waals surface area contributed by atoms with Gasteiger partial charge in [0.1, 0.15) is 0 Å². The predicted octanol–water partition coefficient (Wildman–Crippen LogP) is 1.76. The minimum atomic E-state index is 0.0468. The number of nitrogens with zero attached hydrogens (tertiary/aromatic N) is 2. The summed E-state index contributed by atoms with van der Waals surface area (Å²) in [6.07, 6.45) is 1.87. The molecule has 0 bridgehead atoms. The lowest BCUT2D eigenvalue weighted by Gasteiger charge is -2.21. The molecule has 1 aliphatic heterocycles. The Morgan fingerprint density at radius 3 is 3.00 bits per heavy atom. The molecule has 2 fully saturated rings. The zero-order chi connectivity index (χ0) is 15.0. The fourth-order valence-corrected chi connectivity index (χ4v) is 3.87. The SMILES string of the molecule is CN(C)C(=O)N1CC[C@]2(C[C@@H]2C(=O)NCc2cccs2)C1. The van der Waals surface area contributed by atoms with Crippen molar-refractivity contribution >= 4 is 23.3 Å². The largest absolute Gasteiger partial charge is 0.351 e. The second-order valence-electron chi connectivity index (χ2n) is 6.26. The van der Waals surface area contributed by atoms with E-state index in [2.05, 4.69) is 5.32 Å². The predicted molar refractivity (Wildman–Crippen MR) is 82.0 cm³/mol. The molecule has 5 nitrogen and oxygen atoms in total. The molecule has 1 aromatic rings. The maximum absolute atomic E-state index is 12.3. The van der Waals surface area contributed by atoms with Crippen molar-refractivity contribution in [3.8, 4) is 0 Å². The fraction of sp³-hybridized carbons (Fsp3) is 0.600. The van der Waals surface area contributed by atoms with Gasteiger partial charge in [-0.05, 0) is 24.3 Å². The summed E-state index contributed by atoms with van der Waals surface area (Å²) < 4.78 is 0. The summed E-state index contributed by atoms with van der Waals surface area (Å²) in [5.74, 6) is 0.222. The molecular formula is C15H21N3O2S. The van der Waals surface area contributed by atoms with Gasteiger partial charge in [-0.1, -0.05) is 6.07 Å².